The molecule has 1 aliphatic rings. The summed E-state index contributed by atoms with van der Waals surface area (Å²) in [5.41, 5.74) is 1.42. The van der Waals surface area contributed by atoms with E-state index in [1.165, 1.54) is 11.3 Å². The number of amides is 1. The Kier molecular flexibility index (Phi) is 8.77. The van der Waals surface area contributed by atoms with Gasteiger partial charge >= 0.3 is 0 Å². The highest BCUT2D eigenvalue weighted by atomic mass is 35.5. The minimum Gasteiger partial charge on any atom is -0.494 e. The number of hydrogen-bond donors (Lipinski definition) is 0. The number of fused-ring (bicyclic) bond motifs is 2. The van der Waals surface area contributed by atoms with Crippen LogP contribution < -0.4 is 19.1 Å². The molecule has 178 valence electrons. The second kappa shape index (κ2) is 11.5. The first-order chi connectivity index (χ1) is 15.6. The number of aromatic nitrogens is 1. The number of thiazole rings is 1. The fraction of sp³-hybridized carbons (Fsp3) is 0.417. The van der Waals surface area contributed by atoms with Gasteiger partial charge < -0.3 is 19.1 Å². The van der Waals surface area contributed by atoms with Crippen molar-refractivity contribution in [1.29, 1.82) is 0 Å². The van der Waals surface area contributed by atoms with Crippen molar-refractivity contribution >= 4 is 45.0 Å². The summed E-state index contributed by atoms with van der Waals surface area (Å²) in [5, 5.41) is 0.674. The molecule has 4 rings (SSSR count). The number of likely N-dealkylation sites (N-methyl/N-ethyl adjacent to an activating group) is 1. The molecule has 1 aromatic heterocycles. The molecule has 0 radical (unpaired) electrons. The Labute approximate surface area is 204 Å². The zero-order chi connectivity index (χ0) is 22.5. The van der Waals surface area contributed by atoms with Crippen LogP contribution >= 0.6 is 23.7 Å². The summed E-state index contributed by atoms with van der Waals surface area (Å²) >= 11 is 1.49. The van der Waals surface area contributed by atoms with Gasteiger partial charge in [0.1, 0.15) is 19.0 Å². The topological polar surface area (TPSA) is 64.1 Å². The average molecular weight is 492 g/mol. The van der Waals surface area contributed by atoms with Gasteiger partial charge in [0.05, 0.1) is 16.8 Å². The maximum atomic E-state index is 13.5. The van der Waals surface area contributed by atoms with Crippen LogP contribution in [0.3, 0.4) is 0 Å². The number of rotatable bonds is 9. The molecule has 1 aliphatic heterocycles. The maximum absolute atomic E-state index is 13.5. The summed E-state index contributed by atoms with van der Waals surface area (Å²) in [6.07, 6.45) is 0. The van der Waals surface area contributed by atoms with Crippen LogP contribution in [0.1, 0.15) is 31.1 Å². The van der Waals surface area contributed by atoms with Crippen molar-refractivity contribution < 1.29 is 19.0 Å². The zero-order valence-corrected chi connectivity index (χ0v) is 20.8. The summed E-state index contributed by atoms with van der Waals surface area (Å²) in [4.78, 5) is 22.4. The van der Waals surface area contributed by atoms with E-state index in [-0.39, 0.29) is 18.3 Å². The zero-order valence-electron chi connectivity index (χ0n) is 19.2. The highest BCUT2D eigenvalue weighted by molar-refractivity contribution is 7.22. The molecule has 0 N–H and O–H groups in total. The summed E-state index contributed by atoms with van der Waals surface area (Å²) < 4.78 is 17.9. The van der Waals surface area contributed by atoms with Crippen molar-refractivity contribution in [2.24, 2.45) is 0 Å². The third kappa shape index (κ3) is 5.69. The van der Waals surface area contributed by atoms with E-state index < -0.39 is 0 Å². The van der Waals surface area contributed by atoms with Crippen LogP contribution in [-0.2, 0) is 0 Å². The summed E-state index contributed by atoms with van der Waals surface area (Å²) in [6.45, 7) is 11.1. The molecule has 7 nitrogen and oxygen atoms in total. The van der Waals surface area contributed by atoms with Crippen molar-refractivity contribution in [2.45, 2.75) is 20.8 Å². The van der Waals surface area contributed by atoms with Gasteiger partial charge in [-0.25, -0.2) is 4.98 Å². The first-order valence-electron chi connectivity index (χ1n) is 11.1. The molecule has 33 heavy (non-hydrogen) atoms. The molecule has 3 aromatic rings. The molecule has 0 saturated heterocycles. The quantitative estimate of drug-likeness (QED) is 0.425. The molecule has 9 heteroatoms. The van der Waals surface area contributed by atoms with E-state index in [1.54, 1.807) is 4.90 Å². The molecule has 0 spiro atoms. The van der Waals surface area contributed by atoms with Gasteiger partial charge in [0.15, 0.2) is 16.6 Å². The van der Waals surface area contributed by atoms with Gasteiger partial charge in [-0.3, -0.25) is 9.69 Å². The lowest BCUT2D eigenvalue weighted by molar-refractivity contribution is 0.0983. The van der Waals surface area contributed by atoms with Crippen LogP contribution in [0, 0.1) is 0 Å². The standard InChI is InChI=1S/C24H29N3O4S.ClH/c1-4-26(5-2)11-12-27(23(28)17-7-9-18(10-8-17)29-6-3)24-25-19-15-20-21(16-22(19)32-24)31-14-13-30-20;/h7-10,15-16H,4-6,11-14H2,1-3H3;1H. The SMILES string of the molecule is CCOc1ccc(C(=O)N(CCN(CC)CC)c2nc3cc4c(cc3s2)OCCO4)cc1.Cl. The van der Waals surface area contributed by atoms with Crippen LogP contribution in [0.2, 0.25) is 0 Å². The van der Waals surface area contributed by atoms with Gasteiger partial charge in [-0.2, -0.15) is 0 Å². The predicted octanol–water partition coefficient (Wildman–Crippen LogP) is 4.88. The molecule has 2 heterocycles. The van der Waals surface area contributed by atoms with E-state index in [9.17, 15) is 4.79 Å². The number of ether oxygens (including phenoxy) is 3. The third-order valence-corrected chi connectivity index (χ3v) is 6.50. The number of carbonyl (C=O) groups is 1. The normalized spacial score (nSPS) is 12.5. The summed E-state index contributed by atoms with van der Waals surface area (Å²) in [7, 11) is 0. The lowest BCUT2D eigenvalue weighted by Crippen LogP contribution is -2.38. The molecular formula is C24H30ClN3O4S. The van der Waals surface area contributed by atoms with Gasteiger partial charge in [-0.15, -0.1) is 12.4 Å². The van der Waals surface area contributed by atoms with Crippen molar-refractivity contribution in [3.63, 3.8) is 0 Å². The van der Waals surface area contributed by atoms with Gasteiger partial charge in [0, 0.05) is 30.8 Å². The largest absolute Gasteiger partial charge is 0.494 e. The monoisotopic (exact) mass is 491 g/mol. The van der Waals surface area contributed by atoms with Gasteiger partial charge in [0.25, 0.3) is 5.91 Å². The molecule has 0 saturated carbocycles. The molecule has 0 atom stereocenters. The average Bonchev–Trinajstić information content (AvgIpc) is 3.23. The molecule has 1 amide bonds. The van der Waals surface area contributed by atoms with Crippen molar-refractivity contribution in [1.82, 2.24) is 9.88 Å². The maximum Gasteiger partial charge on any atom is 0.260 e. The first-order valence-corrected chi connectivity index (χ1v) is 11.9. The fourth-order valence-corrected chi connectivity index (χ4v) is 4.65. The van der Waals surface area contributed by atoms with Crippen molar-refractivity contribution in [3.8, 4) is 17.2 Å². The Morgan fingerprint density at radius 1 is 1.03 bits per heavy atom. The smallest absolute Gasteiger partial charge is 0.260 e. The van der Waals surface area contributed by atoms with E-state index >= 15 is 0 Å². The molecule has 0 aliphatic carbocycles. The summed E-state index contributed by atoms with van der Waals surface area (Å²) in [5.74, 6) is 2.11. The van der Waals surface area contributed by atoms with Crippen molar-refractivity contribution in [2.75, 3.05) is 50.9 Å². The van der Waals surface area contributed by atoms with Gasteiger partial charge in [0.2, 0.25) is 0 Å². The highest BCUT2D eigenvalue weighted by Crippen LogP contribution is 2.39. The Morgan fingerprint density at radius 3 is 2.33 bits per heavy atom. The molecule has 2 aromatic carbocycles. The molecular weight excluding hydrogens is 462 g/mol. The Bertz CT molecular complexity index is 1030. The Hall–Kier alpha value is -2.55. The Balaban J connectivity index is 0.00000306. The number of hydrogen-bond acceptors (Lipinski definition) is 7. The van der Waals surface area contributed by atoms with Crippen LogP contribution in [0.5, 0.6) is 17.2 Å². The summed E-state index contributed by atoms with van der Waals surface area (Å²) in [6, 6.07) is 11.1. The highest BCUT2D eigenvalue weighted by Gasteiger charge is 2.23. The Morgan fingerprint density at radius 2 is 1.70 bits per heavy atom. The number of benzene rings is 2. The van der Waals surface area contributed by atoms with Crippen molar-refractivity contribution in [3.05, 3.63) is 42.0 Å². The lowest BCUT2D eigenvalue weighted by Gasteiger charge is -2.24. The number of halogens is 1. The first kappa shape index (κ1) is 25.1. The minimum absolute atomic E-state index is 0. The van der Waals surface area contributed by atoms with Crippen LogP contribution in [0.4, 0.5) is 5.13 Å². The van der Waals surface area contributed by atoms with E-state index in [0.717, 1.165) is 41.3 Å². The van der Waals surface area contributed by atoms with Crippen LogP contribution in [0.15, 0.2) is 36.4 Å². The van der Waals surface area contributed by atoms with Crippen LogP contribution in [-0.4, -0.2) is 61.8 Å². The number of nitrogens with zero attached hydrogens (tertiary/aromatic N) is 3. The van der Waals surface area contributed by atoms with E-state index in [2.05, 4.69) is 18.7 Å². The third-order valence-electron chi connectivity index (χ3n) is 5.46. The number of anilines is 1. The fourth-order valence-electron chi connectivity index (χ4n) is 3.65. The number of carbonyl (C=O) groups excluding carboxylic acids is 1. The van der Waals surface area contributed by atoms with E-state index in [0.29, 0.717) is 42.8 Å². The second-order valence-electron chi connectivity index (χ2n) is 7.40. The molecule has 0 fully saturated rings. The second-order valence-corrected chi connectivity index (χ2v) is 8.41. The minimum atomic E-state index is -0.0727. The molecule has 0 unspecified atom stereocenters. The van der Waals surface area contributed by atoms with Crippen LogP contribution in [0.25, 0.3) is 10.2 Å². The molecule has 0 bridgehead atoms. The van der Waals surface area contributed by atoms with E-state index in [1.807, 2.05) is 43.3 Å². The van der Waals surface area contributed by atoms with Gasteiger partial charge in [-0.05, 0) is 44.3 Å². The predicted molar refractivity (Wildman–Crippen MR) is 135 cm³/mol. The lowest BCUT2D eigenvalue weighted by atomic mass is 10.2. The van der Waals surface area contributed by atoms with Gasteiger partial charge in [-0.1, -0.05) is 25.2 Å². The van der Waals surface area contributed by atoms with E-state index in [4.69, 9.17) is 19.2 Å².